The van der Waals surface area contributed by atoms with E-state index in [0.717, 1.165) is 12.5 Å². The third kappa shape index (κ3) is 3.55. The number of carbonyl (C=O) groups is 1. The standard InChI is InChI=1S/C21H28F3N3O3S/c1-14-12-26(8-9-27(14)16-4-5-17(25-11-16)21(22,23)24)31(29,30)13-20-7-6-15(10-18(20)28)19(20,2)3/h4-5,11,14-15H,6-10,12-13H2,1-3H3/t14-,15+,20+/m0/s1. The summed E-state index contributed by atoms with van der Waals surface area (Å²) in [6, 6.07) is 2.07. The van der Waals surface area contributed by atoms with E-state index in [1.54, 1.807) is 0 Å². The lowest BCUT2D eigenvalue weighted by Gasteiger charge is -2.42. The first-order valence-electron chi connectivity index (χ1n) is 10.6. The molecule has 4 rings (SSSR count). The quantitative estimate of drug-likeness (QED) is 0.691. The highest BCUT2D eigenvalue weighted by Crippen LogP contribution is 2.64. The van der Waals surface area contributed by atoms with Crippen molar-refractivity contribution in [2.45, 2.75) is 52.3 Å². The number of piperazine rings is 1. The van der Waals surface area contributed by atoms with Gasteiger partial charge in [-0.3, -0.25) is 4.79 Å². The summed E-state index contributed by atoms with van der Waals surface area (Å²) in [5.74, 6) is 0.162. The molecule has 172 valence electrons. The van der Waals surface area contributed by atoms with E-state index in [2.05, 4.69) is 4.98 Å². The number of carbonyl (C=O) groups excluding carboxylic acids is 1. The fourth-order valence-electron chi connectivity index (χ4n) is 5.79. The fraction of sp³-hybridized carbons (Fsp3) is 0.714. The van der Waals surface area contributed by atoms with E-state index in [4.69, 9.17) is 0 Å². The third-order valence-electron chi connectivity index (χ3n) is 7.92. The van der Waals surface area contributed by atoms with Gasteiger partial charge in [-0.2, -0.15) is 17.5 Å². The molecule has 0 unspecified atom stereocenters. The lowest BCUT2D eigenvalue weighted by molar-refractivity contribution is -0.141. The van der Waals surface area contributed by atoms with Crippen molar-refractivity contribution in [2.24, 2.45) is 16.7 Å². The predicted molar refractivity (Wildman–Crippen MR) is 110 cm³/mol. The summed E-state index contributed by atoms with van der Waals surface area (Å²) in [5.41, 5.74) is -1.56. The van der Waals surface area contributed by atoms with Gasteiger partial charge < -0.3 is 4.90 Å². The largest absolute Gasteiger partial charge is 0.433 e. The van der Waals surface area contributed by atoms with Gasteiger partial charge in [-0.05, 0) is 43.2 Å². The van der Waals surface area contributed by atoms with Crippen molar-refractivity contribution in [2.75, 3.05) is 30.3 Å². The van der Waals surface area contributed by atoms with Crippen LogP contribution in [-0.2, 0) is 21.0 Å². The minimum atomic E-state index is -4.50. The van der Waals surface area contributed by atoms with Gasteiger partial charge in [-0.25, -0.2) is 13.4 Å². The number of pyridine rings is 1. The molecule has 0 N–H and O–H groups in total. The molecule has 3 fully saturated rings. The van der Waals surface area contributed by atoms with Gasteiger partial charge >= 0.3 is 6.18 Å². The average Bonchev–Trinajstić information content (AvgIpc) is 3.01. The summed E-state index contributed by atoms with van der Waals surface area (Å²) in [6.07, 6.45) is -1.34. The van der Waals surface area contributed by atoms with Gasteiger partial charge in [-0.15, -0.1) is 0 Å². The van der Waals surface area contributed by atoms with Gasteiger partial charge in [0.2, 0.25) is 10.0 Å². The molecule has 2 aliphatic carbocycles. The first-order chi connectivity index (χ1) is 14.3. The summed E-state index contributed by atoms with van der Waals surface area (Å²) in [6.45, 7) is 6.67. The molecule has 10 heteroatoms. The Balaban J connectivity index is 1.48. The van der Waals surface area contributed by atoms with Crippen LogP contribution >= 0.6 is 0 Å². The fourth-order valence-corrected chi connectivity index (χ4v) is 8.08. The van der Waals surface area contributed by atoms with Crippen LogP contribution in [0.15, 0.2) is 18.3 Å². The van der Waals surface area contributed by atoms with E-state index >= 15 is 0 Å². The zero-order valence-electron chi connectivity index (χ0n) is 17.9. The lowest BCUT2D eigenvalue weighted by Crippen LogP contribution is -2.56. The number of sulfonamides is 1. The number of rotatable bonds is 4. The number of alkyl halides is 3. The summed E-state index contributed by atoms with van der Waals surface area (Å²) >= 11 is 0. The Hall–Kier alpha value is -1.68. The molecule has 0 amide bonds. The molecule has 0 aromatic carbocycles. The number of aromatic nitrogens is 1. The summed E-state index contributed by atoms with van der Waals surface area (Å²) in [5, 5.41) is 0. The van der Waals surface area contributed by atoms with Crippen molar-refractivity contribution in [3.05, 3.63) is 24.0 Å². The van der Waals surface area contributed by atoms with Crippen LogP contribution in [0.1, 0.15) is 45.7 Å². The molecule has 3 aliphatic rings. The third-order valence-corrected chi connectivity index (χ3v) is 9.90. The Morgan fingerprint density at radius 3 is 2.42 bits per heavy atom. The topological polar surface area (TPSA) is 70.6 Å². The SMILES string of the molecule is C[C@H]1CN(S(=O)(=O)C[C@]23CC[C@H](CC2=O)C3(C)C)CCN1c1ccc(C(F)(F)F)nc1. The van der Waals surface area contributed by atoms with Crippen molar-refractivity contribution in [1.82, 2.24) is 9.29 Å². The second kappa shape index (κ2) is 7.16. The van der Waals surface area contributed by atoms with Crippen molar-refractivity contribution in [1.29, 1.82) is 0 Å². The van der Waals surface area contributed by atoms with Crippen LogP contribution in [-0.4, -0.2) is 54.9 Å². The first-order valence-corrected chi connectivity index (χ1v) is 12.2. The Labute approximate surface area is 180 Å². The molecular weight excluding hydrogens is 431 g/mol. The van der Waals surface area contributed by atoms with E-state index in [1.165, 1.54) is 16.6 Å². The molecule has 2 saturated carbocycles. The minimum Gasteiger partial charge on any atom is -0.365 e. The minimum absolute atomic E-state index is 0.0693. The van der Waals surface area contributed by atoms with Crippen LogP contribution in [0, 0.1) is 16.7 Å². The van der Waals surface area contributed by atoms with Gasteiger partial charge in [0.25, 0.3) is 0 Å². The average molecular weight is 460 g/mol. The summed E-state index contributed by atoms with van der Waals surface area (Å²) < 4.78 is 66.4. The number of ketones is 1. The number of halogens is 3. The number of Topliss-reactive ketones (excluding diaryl/α,β-unsaturated/α-hetero) is 1. The monoisotopic (exact) mass is 459 g/mol. The Morgan fingerprint density at radius 1 is 1.23 bits per heavy atom. The zero-order valence-corrected chi connectivity index (χ0v) is 18.8. The van der Waals surface area contributed by atoms with Crippen LogP contribution in [0.2, 0.25) is 0 Å². The van der Waals surface area contributed by atoms with E-state index in [9.17, 15) is 26.4 Å². The molecule has 2 heterocycles. The molecule has 1 saturated heterocycles. The highest BCUT2D eigenvalue weighted by molar-refractivity contribution is 7.89. The van der Waals surface area contributed by atoms with E-state index in [1.807, 2.05) is 25.7 Å². The van der Waals surface area contributed by atoms with Crippen LogP contribution in [0.4, 0.5) is 18.9 Å². The van der Waals surface area contributed by atoms with Crippen LogP contribution < -0.4 is 4.90 Å². The highest BCUT2D eigenvalue weighted by atomic mass is 32.2. The summed E-state index contributed by atoms with van der Waals surface area (Å²) in [4.78, 5) is 18.1. The molecule has 1 aliphatic heterocycles. The molecule has 6 nitrogen and oxygen atoms in total. The maximum Gasteiger partial charge on any atom is 0.433 e. The highest BCUT2D eigenvalue weighted by Gasteiger charge is 2.65. The molecule has 1 aromatic heterocycles. The van der Waals surface area contributed by atoms with Crippen molar-refractivity contribution in [3.63, 3.8) is 0 Å². The van der Waals surface area contributed by atoms with Gasteiger partial charge in [0.05, 0.1) is 17.6 Å². The second-order valence-corrected chi connectivity index (χ2v) is 11.7. The molecular formula is C21H28F3N3O3S. The number of hydrogen-bond acceptors (Lipinski definition) is 5. The second-order valence-electron chi connectivity index (χ2n) is 9.72. The molecule has 1 aromatic rings. The normalized spacial score (nSPS) is 31.4. The van der Waals surface area contributed by atoms with Crippen molar-refractivity contribution >= 4 is 21.5 Å². The molecule has 0 radical (unpaired) electrons. The molecule has 3 atom stereocenters. The van der Waals surface area contributed by atoms with Gasteiger partial charge in [0, 0.05) is 37.5 Å². The predicted octanol–water partition coefficient (Wildman–Crippen LogP) is 3.34. The number of fused-ring (bicyclic) bond motifs is 2. The van der Waals surface area contributed by atoms with Gasteiger partial charge in [0.15, 0.2) is 0 Å². The van der Waals surface area contributed by atoms with E-state index in [0.29, 0.717) is 25.1 Å². The zero-order chi connectivity index (χ0) is 22.8. The van der Waals surface area contributed by atoms with Crippen LogP contribution in [0.5, 0.6) is 0 Å². The van der Waals surface area contributed by atoms with E-state index < -0.39 is 27.3 Å². The van der Waals surface area contributed by atoms with Crippen LogP contribution in [0.3, 0.4) is 0 Å². The van der Waals surface area contributed by atoms with Crippen molar-refractivity contribution < 1.29 is 26.4 Å². The molecule has 31 heavy (non-hydrogen) atoms. The van der Waals surface area contributed by atoms with E-state index in [-0.39, 0.29) is 42.0 Å². The van der Waals surface area contributed by atoms with Crippen LogP contribution in [0.25, 0.3) is 0 Å². The maximum absolute atomic E-state index is 13.3. The molecule has 0 spiro atoms. The van der Waals surface area contributed by atoms with Gasteiger partial charge in [0.1, 0.15) is 11.5 Å². The number of hydrogen-bond donors (Lipinski definition) is 0. The maximum atomic E-state index is 13.3. The van der Waals surface area contributed by atoms with Gasteiger partial charge in [-0.1, -0.05) is 13.8 Å². The Bertz CT molecular complexity index is 978. The van der Waals surface area contributed by atoms with Crippen molar-refractivity contribution in [3.8, 4) is 0 Å². The Morgan fingerprint density at radius 2 is 1.94 bits per heavy atom. The number of nitrogens with zero attached hydrogens (tertiary/aromatic N) is 3. The molecule has 2 bridgehead atoms. The lowest BCUT2D eigenvalue weighted by atomic mass is 9.70. The first kappa shape index (κ1) is 22.5. The Kier molecular flexibility index (Phi) is 5.20. The smallest absolute Gasteiger partial charge is 0.365 e. The summed E-state index contributed by atoms with van der Waals surface area (Å²) in [7, 11) is -3.66. The number of anilines is 1.